The lowest BCUT2D eigenvalue weighted by molar-refractivity contribution is 0.345. The van der Waals surface area contributed by atoms with Crippen molar-refractivity contribution < 1.29 is 0 Å². The predicted octanol–water partition coefficient (Wildman–Crippen LogP) is 0.579. The maximum Gasteiger partial charge on any atom is 0.0208 e. The Morgan fingerprint density at radius 2 is 2.30 bits per heavy atom. The van der Waals surface area contributed by atoms with Gasteiger partial charge in [0.15, 0.2) is 0 Å². The van der Waals surface area contributed by atoms with Crippen molar-refractivity contribution in [3.8, 4) is 0 Å². The summed E-state index contributed by atoms with van der Waals surface area (Å²) in [7, 11) is 0. The van der Waals surface area contributed by atoms with Crippen LogP contribution in [-0.4, -0.2) is 19.1 Å². The fourth-order valence-corrected chi connectivity index (χ4v) is 1.65. The average molecular weight is 142 g/mol. The quantitative estimate of drug-likeness (QED) is 0.592. The van der Waals surface area contributed by atoms with Crippen molar-refractivity contribution in [3.63, 3.8) is 0 Å². The van der Waals surface area contributed by atoms with Gasteiger partial charge in [-0.2, -0.15) is 0 Å². The van der Waals surface area contributed by atoms with Crippen molar-refractivity contribution in [1.82, 2.24) is 5.32 Å². The van der Waals surface area contributed by atoms with Crippen LogP contribution in [0.4, 0.5) is 0 Å². The maximum absolute atomic E-state index is 5.89. The van der Waals surface area contributed by atoms with Crippen molar-refractivity contribution in [2.24, 2.45) is 17.6 Å². The molecule has 0 saturated carbocycles. The SMILES string of the molecule is CCC(C)C1CNCC1N. The Balaban J connectivity index is 2.38. The van der Waals surface area contributed by atoms with Crippen LogP contribution >= 0.6 is 0 Å². The normalized spacial score (nSPS) is 36.3. The van der Waals surface area contributed by atoms with Crippen LogP contribution in [0.1, 0.15) is 20.3 Å². The molecule has 1 aliphatic rings. The van der Waals surface area contributed by atoms with E-state index in [1.165, 1.54) is 6.42 Å². The second-order valence-corrected chi connectivity index (χ2v) is 3.37. The molecule has 1 aliphatic heterocycles. The van der Waals surface area contributed by atoms with E-state index < -0.39 is 0 Å². The van der Waals surface area contributed by atoms with E-state index >= 15 is 0 Å². The molecule has 1 fully saturated rings. The molecule has 2 nitrogen and oxygen atoms in total. The minimum Gasteiger partial charge on any atom is -0.326 e. The standard InChI is InChI=1S/C8H18N2/c1-3-6(2)7-4-10-5-8(7)9/h6-8,10H,3-5,9H2,1-2H3. The summed E-state index contributed by atoms with van der Waals surface area (Å²) >= 11 is 0. The molecule has 10 heavy (non-hydrogen) atoms. The van der Waals surface area contributed by atoms with Crippen molar-refractivity contribution >= 4 is 0 Å². The summed E-state index contributed by atoms with van der Waals surface area (Å²) in [4.78, 5) is 0. The van der Waals surface area contributed by atoms with E-state index in [1.807, 2.05) is 0 Å². The minimum atomic E-state index is 0.398. The van der Waals surface area contributed by atoms with E-state index in [4.69, 9.17) is 5.73 Å². The van der Waals surface area contributed by atoms with Gasteiger partial charge in [-0.3, -0.25) is 0 Å². The molecular formula is C8H18N2. The Hall–Kier alpha value is -0.0800. The Morgan fingerprint density at radius 3 is 2.70 bits per heavy atom. The fourth-order valence-electron chi connectivity index (χ4n) is 1.65. The van der Waals surface area contributed by atoms with Gasteiger partial charge in [0.25, 0.3) is 0 Å². The number of hydrogen-bond acceptors (Lipinski definition) is 2. The number of nitrogens with two attached hydrogens (primary N) is 1. The molecule has 3 N–H and O–H groups in total. The number of rotatable bonds is 2. The lowest BCUT2D eigenvalue weighted by atomic mass is 9.88. The topological polar surface area (TPSA) is 38.0 Å². The second kappa shape index (κ2) is 3.35. The van der Waals surface area contributed by atoms with Crippen LogP contribution in [0.15, 0.2) is 0 Å². The average Bonchev–Trinajstić information content (AvgIpc) is 2.34. The molecule has 3 unspecified atom stereocenters. The van der Waals surface area contributed by atoms with Crippen LogP contribution in [0.5, 0.6) is 0 Å². The molecule has 0 aromatic rings. The van der Waals surface area contributed by atoms with E-state index in [1.54, 1.807) is 0 Å². The van der Waals surface area contributed by atoms with E-state index in [-0.39, 0.29) is 0 Å². The van der Waals surface area contributed by atoms with Crippen LogP contribution in [0, 0.1) is 11.8 Å². The van der Waals surface area contributed by atoms with Gasteiger partial charge in [0.05, 0.1) is 0 Å². The van der Waals surface area contributed by atoms with E-state index in [2.05, 4.69) is 19.2 Å². The first-order valence-electron chi connectivity index (χ1n) is 4.22. The van der Waals surface area contributed by atoms with Gasteiger partial charge in [0.1, 0.15) is 0 Å². The fraction of sp³-hybridized carbons (Fsp3) is 1.00. The van der Waals surface area contributed by atoms with Crippen molar-refractivity contribution in [2.75, 3.05) is 13.1 Å². The molecule has 0 aromatic heterocycles. The van der Waals surface area contributed by atoms with Gasteiger partial charge in [0.2, 0.25) is 0 Å². The van der Waals surface area contributed by atoms with Gasteiger partial charge in [0, 0.05) is 12.6 Å². The molecule has 2 heteroatoms. The van der Waals surface area contributed by atoms with Gasteiger partial charge < -0.3 is 11.1 Å². The van der Waals surface area contributed by atoms with Crippen LogP contribution < -0.4 is 11.1 Å². The first-order chi connectivity index (χ1) is 4.75. The van der Waals surface area contributed by atoms with Crippen LogP contribution in [-0.2, 0) is 0 Å². The van der Waals surface area contributed by atoms with Gasteiger partial charge in [-0.25, -0.2) is 0 Å². The van der Waals surface area contributed by atoms with Gasteiger partial charge >= 0.3 is 0 Å². The molecule has 0 bridgehead atoms. The van der Waals surface area contributed by atoms with Crippen LogP contribution in [0.2, 0.25) is 0 Å². The Kier molecular flexibility index (Phi) is 2.69. The predicted molar refractivity (Wildman–Crippen MR) is 43.8 cm³/mol. The Labute approximate surface area is 63.2 Å². The molecule has 3 atom stereocenters. The molecule has 0 aromatic carbocycles. The summed E-state index contributed by atoms with van der Waals surface area (Å²) in [5.74, 6) is 1.50. The molecule has 1 heterocycles. The van der Waals surface area contributed by atoms with Crippen molar-refractivity contribution in [2.45, 2.75) is 26.3 Å². The van der Waals surface area contributed by atoms with Gasteiger partial charge in [-0.05, 0) is 18.4 Å². The third kappa shape index (κ3) is 1.50. The summed E-state index contributed by atoms with van der Waals surface area (Å²) in [6.07, 6.45) is 1.25. The van der Waals surface area contributed by atoms with E-state index in [9.17, 15) is 0 Å². The third-order valence-electron chi connectivity index (χ3n) is 2.68. The summed E-state index contributed by atoms with van der Waals surface area (Å²) in [6, 6.07) is 0.398. The zero-order chi connectivity index (χ0) is 7.56. The molecule has 1 saturated heterocycles. The number of nitrogens with one attached hydrogen (secondary N) is 1. The van der Waals surface area contributed by atoms with E-state index in [0.29, 0.717) is 12.0 Å². The first kappa shape index (κ1) is 8.02. The zero-order valence-corrected chi connectivity index (χ0v) is 6.93. The Morgan fingerprint density at radius 1 is 1.60 bits per heavy atom. The molecule has 1 rings (SSSR count). The van der Waals surface area contributed by atoms with Crippen molar-refractivity contribution in [3.05, 3.63) is 0 Å². The highest BCUT2D eigenvalue weighted by atomic mass is 15.0. The highest BCUT2D eigenvalue weighted by Gasteiger charge is 2.27. The molecule has 0 amide bonds. The largest absolute Gasteiger partial charge is 0.326 e. The zero-order valence-electron chi connectivity index (χ0n) is 6.93. The molecule has 0 aliphatic carbocycles. The molecule has 0 spiro atoms. The molecule has 60 valence electrons. The monoisotopic (exact) mass is 142 g/mol. The smallest absolute Gasteiger partial charge is 0.0208 e. The lowest BCUT2D eigenvalue weighted by Gasteiger charge is -2.20. The lowest BCUT2D eigenvalue weighted by Crippen LogP contribution is -2.32. The van der Waals surface area contributed by atoms with E-state index in [0.717, 1.165) is 19.0 Å². The maximum atomic E-state index is 5.89. The molecule has 0 radical (unpaired) electrons. The summed E-state index contributed by atoms with van der Waals surface area (Å²) in [5.41, 5.74) is 5.89. The molecular weight excluding hydrogens is 124 g/mol. The highest BCUT2D eigenvalue weighted by molar-refractivity contribution is 4.86. The summed E-state index contributed by atoms with van der Waals surface area (Å²) in [6.45, 7) is 6.65. The second-order valence-electron chi connectivity index (χ2n) is 3.37. The van der Waals surface area contributed by atoms with Crippen LogP contribution in [0.25, 0.3) is 0 Å². The summed E-state index contributed by atoms with van der Waals surface area (Å²) in [5, 5.41) is 3.31. The van der Waals surface area contributed by atoms with Gasteiger partial charge in [-0.15, -0.1) is 0 Å². The number of hydrogen-bond donors (Lipinski definition) is 2. The third-order valence-corrected chi connectivity index (χ3v) is 2.68. The van der Waals surface area contributed by atoms with Crippen molar-refractivity contribution in [1.29, 1.82) is 0 Å². The highest BCUT2D eigenvalue weighted by Crippen LogP contribution is 2.20. The van der Waals surface area contributed by atoms with Crippen LogP contribution in [0.3, 0.4) is 0 Å². The minimum absolute atomic E-state index is 0.398. The van der Waals surface area contributed by atoms with Gasteiger partial charge in [-0.1, -0.05) is 20.3 Å². The first-order valence-corrected chi connectivity index (χ1v) is 4.22. The Bertz CT molecular complexity index is 103. The summed E-state index contributed by atoms with van der Waals surface area (Å²) < 4.78 is 0.